The van der Waals surface area contributed by atoms with Crippen molar-refractivity contribution < 1.29 is 14.4 Å². The van der Waals surface area contributed by atoms with Crippen molar-refractivity contribution in [2.45, 2.75) is 31.8 Å². The molecular weight excluding hydrogens is 342 g/mol. The molecule has 2 unspecified atom stereocenters. The van der Waals surface area contributed by atoms with Crippen LogP contribution in [0.4, 0.5) is 4.79 Å². The third-order valence-corrected chi connectivity index (χ3v) is 5.13. The molecule has 4 amide bonds. The van der Waals surface area contributed by atoms with Gasteiger partial charge in [-0.05, 0) is 31.3 Å². The summed E-state index contributed by atoms with van der Waals surface area (Å²) in [6.07, 6.45) is 1.03. The first-order valence-corrected chi connectivity index (χ1v) is 8.61. The maximum atomic E-state index is 12.3. The Balaban J connectivity index is 1.66. The van der Waals surface area contributed by atoms with Crippen molar-refractivity contribution in [3.05, 3.63) is 10.6 Å². The summed E-state index contributed by atoms with van der Waals surface area (Å²) in [5.41, 5.74) is 0.588. The smallest absolute Gasteiger partial charge is 0.327 e. The Labute approximate surface area is 141 Å². The maximum absolute atomic E-state index is 12.3. The standard InChI is InChI=1S/C13H16ClN5O3S/c1-7-10(23-17-16-7)11(20)15-8-2-4-18-9(6-8)12(21)19(5-3-14)13(18)22/h8-9H,2-6H2,1H3,(H,15,20). The molecule has 1 aromatic rings. The van der Waals surface area contributed by atoms with Gasteiger partial charge in [-0.3, -0.25) is 14.5 Å². The van der Waals surface area contributed by atoms with Gasteiger partial charge in [0.2, 0.25) is 0 Å². The largest absolute Gasteiger partial charge is 0.348 e. The summed E-state index contributed by atoms with van der Waals surface area (Å²) in [6, 6.07) is -0.948. The number of carbonyl (C=O) groups is 3. The van der Waals surface area contributed by atoms with E-state index in [1.165, 1.54) is 4.90 Å². The number of nitrogens with one attached hydrogen (secondary N) is 1. The fourth-order valence-corrected chi connectivity index (χ4v) is 3.70. The van der Waals surface area contributed by atoms with Gasteiger partial charge < -0.3 is 10.2 Å². The topological polar surface area (TPSA) is 95.5 Å². The van der Waals surface area contributed by atoms with Crippen molar-refractivity contribution in [1.82, 2.24) is 24.7 Å². The van der Waals surface area contributed by atoms with E-state index in [-0.39, 0.29) is 36.3 Å². The van der Waals surface area contributed by atoms with Crippen LogP contribution in [0.25, 0.3) is 0 Å². The molecule has 0 bridgehead atoms. The number of hydrogen-bond donors (Lipinski definition) is 1. The summed E-state index contributed by atoms with van der Waals surface area (Å²) in [4.78, 5) is 40.0. The zero-order chi connectivity index (χ0) is 16.6. The van der Waals surface area contributed by atoms with Gasteiger partial charge in [-0.2, -0.15) is 0 Å². The molecule has 23 heavy (non-hydrogen) atoms. The quantitative estimate of drug-likeness (QED) is 0.629. The van der Waals surface area contributed by atoms with Gasteiger partial charge in [0, 0.05) is 25.0 Å². The second-order valence-electron chi connectivity index (χ2n) is 5.55. The van der Waals surface area contributed by atoms with Crippen molar-refractivity contribution in [1.29, 1.82) is 0 Å². The first-order chi connectivity index (χ1) is 11.0. The number of carbonyl (C=O) groups excluding carboxylic acids is 3. The van der Waals surface area contributed by atoms with E-state index >= 15 is 0 Å². The van der Waals surface area contributed by atoms with Crippen LogP contribution < -0.4 is 5.32 Å². The van der Waals surface area contributed by atoms with Crippen LogP contribution in [0.15, 0.2) is 0 Å². The van der Waals surface area contributed by atoms with E-state index in [0.717, 1.165) is 11.5 Å². The van der Waals surface area contributed by atoms with E-state index < -0.39 is 6.04 Å². The molecule has 1 aromatic heterocycles. The number of aromatic nitrogens is 2. The third-order valence-electron chi connectivity index (χ3n) is 4.13. The second-order valence-corrected chi connectivity index (χ2v) is 6.68. The fourth-order valence-electron chi connectivity index (χ4n) is 2.97. The van der Waals surface area contributed by atoms with Crippen LogP contribution in [0, 0.1) is 6.92 Å². The first-order valence-electron chi connectivity index (χ1n) is 7.30. The van der Waals surface area contributed by atoms with Crippen molar-refractivity contribution >= 4 is 41.0 Å². The highest BCUT2D eigenvalue weighted by molar-refractivity contribution is 7.08. The molecule has 0 aliphatic carbocycles. The number of halogens is 1. The molecule has 0 spiro atoms. The molecule has 3 heterocycles. The third kappa shape index (κ3) is 2.90. The Morgan fingerprint density at radius 2 is 2.26 bits per heavy atom. The van der Waals surface area contributed by atoms with Gasteiger partial charge in [0.25, 0.3) is 11.8 Å². The highest BCUT2D eigenvalue weighted by Crippen LogP contribution is 2.27. The zero-order valence-corrected chi connectivity index (χ0v) is 14.1. The number of amides is 4. The normalized spacial score (nSPS) is 24.1. The number of piperidine rings is 1. The van der Waals surface area contributed by atoms with Crippen LogP contribution in [-0.2, 0) is 4.79 Å². The highest BCUT2D eigenvalue weighted by atomic mass is 35.5. The lowest BCUT2D eigenvalue weighted by Crippen LogP contribution is -2.49. The summed E-state index contributed by atoms with van der Waals surface area (Å²) in [7, 11) is 0. The minimum absolute atomic E-state index is 0.155. The van der Waals surface area contributed by atoms with Gasteiger partial charge in [-0.15, -0.1) is 16.7 Å². The molecule has 2 fully saturated rings. The summed E-state index contributed by atoms with van der Waals surface area (Å²) in [5, 5.41) is 6.73. The lowest BCUT2D eigenvalue weighted by molar-refractivity contribution is -0.128. The number of fused-ring (bicyclic) bond motifs is 1. The Morgan fingerprint density at radius 3 is 2.91 bits per heavy atom. The molecular formula is C13H16ClN5O3S. The number of imide groups is 1. The molecule has 2 atom stereocenters. The van der Waals surface area contributed by atoms with Gasteiger partial charge in [0.1, 0.15) is 10.9 Å². The highest BCUT2D eigenvalue weighted by Gasteiger charge is 2.47. The van der Waals surface area contributed by atoms with E-state index in [0.29, 0.717) is 30.0 Å². The average molecular weight is 358 g/mol. The molecule has 2 saturated heterocycles. The number of rotatable bonds is 4. The number of hydrogen-bond acceptors (Lipinski definition) is 6. The summed E-state index contributed by atoms with van der Waals surface area (Å²) in [6.45, 7) is 2.39. The molecule has 0 saturated carbocycles. The average Bonchev–Trinajstić information content (AvgIpc) is 3.05. The maximum Gasteiger partial charge on any atom is 0.327 e. The first kappa shape index (κ1) is 16.1. The number of alkyl halides is 1. The van der Waals surface area contributed by atoms with Crippen molar-refractivity contribution in [3.8, 4) is 0 Å². The lowest BCUT2D eigenvalue weighted by Gasteiger charge is -2.32. The summed E-state index contributed by atoms with van der Waals surface area (Å²) >= 11 is 6.69. The van der Waals surface area contributed by atoms with Gasteiger partial charge in [-0.1, -0.05) is 4.49 Å². The van der Waals surface area contributed by atoms with Gasteiger partial charge in [0.15, 0.2) is 0 Å². The van der Waals surface area contributed by atoms with Gasteiger partial charge in [0.05, 0.1) is 5.69 Å². The molecule has 0 radical (unpaired) electrons. The molecule has 8 nitrogen and oxygen atoms in total. The van der Waals surface area contributed by atoms with Crippen molar-refractivity contribution in [2.75, 3.05) is 19.0 Å². The van der Waals surface area contributed by atoms with Crippen LogP contribution in [0.3, 0.4) is 0 Å². The molecule has 2 aliphatic rings. The molecule has 2 aliphatic heterocycles. The SMILES string of the molecule is Cc1nnsc1C(=O)NC1CCN2C(=O)N(CCCl)C(=O)C2C1. The Morgan fingerprint density at radius 1 is 1.48 bits per heavy atom. The molecule has 10 heteroatoms. The Kier molecular flexibility index (Phi) is 4.49. The number of nitrogens with zero attached hydrogens (tertiary/aromatic N) is 4. The predicted molar refractivity (Wildman–Crippen MR) is 83.5 cm³/mol. The molecule has 1 N–H and O–H groups in total. The van der Waals surface area contributed by atoms with Crippen LogP contribution in [0.5, 0.6) is 0 Å². The molecule has 124 valence electrons. The van der Waals surface area contributed by atoms with E-state index in [2.05, 4.69) is 14.9 Å². The Hall–Kier alpha value is -1.74. The second kappa shape index (κ2) is 6.40. The van der Waals surface area contributed by atoms with Crippen LogP contribution in [-0.4, -0.2) is 68.3 Å². The van der Waals surface area contributed by atoms with E-state index in [1.54, 1.807) is 11.8 Å². The predicted octanol–water partition coefficient (Wildman–Crippen LogP) is 0.610. The van der Waals surface area contributed by atoms with E-state index in [1.807, 2.05) is 0 Å². The van der Waals surface area contributed by atoms with Crippen LogP contribution in [0.1, 0.15) is 28.2 Å². The van der Waals surface area contributed by atoms with Crippen molar-refractivity contribution in [3.63, 3.8) is 0 Å². The van der Waals surface area contributed by atoms with Crippen LogP contribution >= 0.6 is 23.1 Å². The lowest BCUT2D eigenvalue weighted by atomic mass is 9.98. The summed E-state index contributed by atoms with van der Waals surface area (Å²) in [5.74, 6) is -0.244. The number of urea groups is 1. The minimum Gasteiger partial charge on any atom is -0.348 e. The van der Waals surface area contributed by atoms with Gasteiger partial charge >= 0.3 is 6.03 Å². The zero-order valence-electron chi connectivity index (χ0n) is 12.5. The minimum atomic E-state index is -0.509. The molecule has 3 rings (SSSR count). The van der Waals surface area contributed by atoms with E-state index in [9.17, 15) is 14.4 Å². The molecule has 0 aromatic carbocycles. The fraction of sp³-hybridized carbons (Fsp3) is 0.615. The number of aryl methyl sites for hydroxylation is 1. The summed E-state index contributed by atoms with van der Waals surface area (Å²) < 4.78 is 3.75. The van der Waals surface area contributed by atoms with Crippen LogP contribution in [0.2, 0.25) is 0 Å². The Bertz CT molecular complexity index is 651. The van der Waals surface area contributed by atoms with E-state index in [4.69, 9.17) is 11.6 Å². The monoisotopic (exact) mass is 357 g/mol. The van der Waals surface area contributed by atoms with Gasteiger partial charge in [-0.25, -0.2) is 4.79 Å². The van der Waals surface area contributed by atoms with Crippen molar-refractivity contribution in [2.24, 2.45) is 0 Å².